The summed E-state index contributed by atoms with van der Waals surface area (Å²) in [5.74, 6) is 0. The van der Waals surface area contributed by atoms with Crippen LogP contribution in [0.3, 0.4) is 0 Å². The lowest BCUT2D eigenvalue weighted by molar-refractivity contribution is 0.462. The molecule has 96 valence electrons. The Balaban J connectivity index is 1.70. The number of thiazole rings is 1. The van der Waals surface area contributed by atoms with Gasteiger partial charge in [-0.05, 0) is 53.7 Å². The predicted molar refractivity (Wildman–Crippen MR) is 81.4 cm³/mol. The number of thiophene rings is 1. The van der Waals surface area contributed by atoms with Crippen molar-refractivity contribution >= 4 is 38.6 Å². The molecule has 0 spiro atoms. The van der Waals surface area contributed by atoms with Crippen molar-refractivity contribution in [3.05, 3.63) is 36.4 Å². The van der Waals surface area contributed by atoms with Crippen molar-refractivity contribution in [2.24, 2.45) is 0 Å². The average Bonchev–Trinajstić information content (AvgIpc) is 2.91. The Morgan fingerprint density at radius 1 is 1.56 bits per heavy atom. The third kappa shape index (κ3) is 2.69. The van der Waals surface area contributed by atoms with Gasteiger partial charge < -0.3 is 5.32 Å². The molecule has 1 N–H and O–H groups in total. The number of fused-ring (bicyclic) bond motifs is 1. The first-order chi connectivity index (χ1) is 8.72. The largest absolute Gasteiger partial charge is 0.304 e. The fourth-order valence-electron chi connectivity index (χ4n) is 2.43. The maximum absolute atomic E-state index is 4.51. The Morgan fingerprint density at radius 2 is 2.44 bits per heavy atom. The van der Waals surface area contributed by atoms with Gasteiger partial charge in [0.2, 0.25) is 0 Å². The molecule has 0 amide bonds. The summed E-state index contributed by atoms with van der Waals surface area (Å²) in [6.07, 6.45) is 3.76. The van der Waals surface area contributed by atoms with E-state index < -0.39 is 0 Å². The van der Waals surface area contributed by atoms with Crippen molar-refractivity contribution in [1.82, 2.24) is 10.3 Å². The van der Waals surface area contributed by atoms with E-state index in [0.29, 0.717) is 6.04 Å². The van der Waals surface area contributed by atoms with Gasteiger partial charge in [-0.15, -0.1) is 22.7 Å². The topological polar surface area (TPSA) is 24.9 Å². The third-order valence-electron chi connectivity index (χ3n) is 3.25. The summed E-state index contributed by atoms with van der Waals surface area (Å²) >= 11 is 7.23. The van der Waals surface area contributed by atoms with E-state index in [1.807, 2.05) is 11.3 Å². The molecule has 0 fully saturated rings. The van der Waals surface area contributed by atoms with Crippen LogP contribution in [0.5, 0.6) is 0 Å². The van der Waals surface area contributed by atoms with Gasteiger partial charge in [-0.2, -0.15) is 0 Å². The van der Waals surface area contributed by atoms with Gasteiger partial charge in [0.15, 0.2) is 0 Å². The average molecular weight is 343 g/mol. The molecule has 0 radical (unpaired) electrons. The van der Waals surface area contributed by atoms with Gasteiger partial charge >= 0.3 is 0 Å². The first-order valence-corrected chi connectivity index (χ1v) is 8.64. The Morgan fingerprint density at radius 3 is 3.22 bits per heavy atom. The van der Waals surface area contributed by atoms with E-state index >= 15 is 0 Å². The fraction of sp³-hybridized carbons (Fsp3) is 0.462. The first-order valence-electron chi connectivity index (χ1n) is 6.15. The molecule has 0 aromatic carbocycles. The molecule has 2 nitrogen and oxygen atoms in total. The van der Waals surface area contributed by atoms with E-state index in [1.165, 1.54) is 33.6 Å². The van der Waals surface area contributed by atoms with Gasteiger partial charge in [0.25, 0.3) is 0 Å². The second-order valence-corrected chi connectivity index (χ2v) is 8.10. The molecule has 18 heavy (non-hydrogen) atoms. The number of hydrogen-bond donors (Lipinski definition) is 1. The van der Waals surface area contributed by atoms with Gasteiger partial charge in [0, 0.05) is 28.5 Å². The Hall–Kier alpha value is -0.230. The van der Waals surface area contributed by atoms with Crippen LogP contribution >= 0.6 is 38.6 Å². The molecule has 3 rings (SSSR count). The lowest BCUT2D eigenvalue weighted by Gasteiger charge is -2.23. The summed E-state index contributed by atoms with van der Waals surface area (Å²) in [6.45, 7) is 2.94. The molecule has 1 aliphatic rings. The van der Waals surface area contributed by atoms with Crippen molar-refractivity contribution in [1.29, 1.82) is 0 Å². The van der Waals surface area contributed by atoms with Crippen LogP contribution in [0.4, 0.5) is 0 Å². The third-order valence-corrected chi connectivity index (χ3v) is 5.93. The molecule has 5 heteroatoms. The summed E-state index contributed by atoms with van der Waals surface area (Å²) in [4.78, 5) is 6.05. The highest BCUT2D eigenvalue weighted by atomic mass is 79.9. The molecule has 1 unspecified atom stereocenters. The number of rotatable bonds is 3. The Labute approximate surface area is 124 Å². The molecule has 1 aliphatic carbocycles. The molecule has 0 saturated heterocycles. The van der Waals surface area contributed by atoms with E-state index in [1.54, 1.807) is 16.2 Å². The standard InChI is InChI=1S/C13H15BrN2S2/c1-8-7-17-13(16-8)6-15-10-3-2-4-11-9(10)5-12(14)18-11/h5,7,10,15H,2-4,6H2,1H3. The zero-order chi connectivity index (χ0) is 12.5. The van der Waals surface area contributed by atoms with Crippen molar-refractivity contribution in [3.8, 4) is 0 Å². The zero-order valence-electron chi connectivity index (χ0n) is 10.2. The first kappa shape index (κ1) is 12.8. The van der Waals surface area contributed by atoms with Crippen LogP contribution in [-0.4, -0.2) is 4.98 Å². The van der Waals surface area contributed by atoms with Crippen LogP contribution in [0.25, 0.3) is 0 Å². The lowest BCUT2D eigenvalue weighted by Crippen LogP contribution is -2.23. The number of nitrogens with zero attached hydrogens (tertiary/aromatic N) is 1. The molecular formula is C13H15BrN2S2. The summed E-state index contributed by atoms with van der Waals surface area (Å²) in [7, 11) is 0. The molecule has 0 aliphatic heterocycles. The van der Waals surface area contributed by atoms with Gasteiger partial charge in [-0.25, -0.2) is 4.98 Å². The minimum Gasteiger partial charge on any atom is -0.304 e. The fourth-order valence-corrected chi connectivity index (χ4v) is 4.97. The molecule has 2 aromatic heterocycles. The summed E-state index contributed by atoms with van der Waals surface area (Å²) < 4.78 is 1.26. The zero-order valence-corrected chi connectivity index (χ0v) is 13.4. The monoisotopic (exact) mass is 342 g/mol. The maximum Gasteiger partial charge on any atom is 0.107 e. The van der Waals surface area contributed by atoms with Crippen molar-refractivity contribution < 1.29 is 0 Å². The van der Waals surface area contributed by atoms with Crippen LogP contribution in [0.2, 0.25) is 0 Å². The number of aromatic nitrogens is 1. The molecule has 2 aromatic rings. The highest BCUT2D eigenvalue weighted by Gasteiger charge is 2.22. The second-order valence-electron chi connectivity index (χ2n) is 4.64. The highest BCUT2D eigenvalue weighted by molar-refractivity contribution is 9.11. The molecule has 1 atom stereocenters. The molecule has 0 bridgehead atoms. The van der Waals surface area contributed by atoms with Crippen molar-refractivity contribution in [2.45, 2.75) is 38.8 Å². The molecule has 2 heterocycles. The number of aryl methyl sites for hydroxylation is 2. The van der Waals surface area contributed by atoms with Crippen LogP contribution in [-0.2, 0) is 13.0 Å². The summed E-state index contributed by atoms with van der Waals surface area (Å²) in [5.41, 5.74) is 2.62. The normalized spacial score (nSPS) is 18.9. The Bertz CT molecular complexity index is 547. The van der Waals surface area contributed by atoms with Crippen molar-refractivity contribution in [3.63, 3.8) is 0 Å². The second kappa shape index (κ2) is 5.41. The van der Waals surface area contributed by atoms with Gasteiger partial charge in [0.1, 0.15) is 5.01 Å². The lowest BCUT2D eigenvalue weighted by atomic mass is 9.94. The van der Waals surface area contributed by atoms with Crippen LogP contribution in [0, 0.1) is 6.92 Å². The van der Waals surface area contributed by atoms with Crippen molar-refractivity contribution in [2.75, 3.05) is 0 Å². The summed E-state index contributed by atoms with van der Waals surface area (Å²) in [5, 5.41) is 6.96. The molecule has 0 saturated carbocycles. The quantitative estimate of drug-likeness (QED) is 0.891. The number of hydrogen-bond acceptors (Lipinski definition) is 4. The van der Waals surface area contributed by atoms with Crippen LogP contribution < -0.4 is 5.32 Å². The Kier molecular flexibility index (Phi) is 3.84. The van der Waals surface area contributed by atoms with Gasteiger partial charge in [-0.3, -0.25) is 0 Å². The number of nitrogens with one attached hydrogen (secondary N) is 1. The smallest absolute Gasteiger partial charge is 0.107 e. The van der Waals surface area contributed by atoms with Crippen LogP contribution in [0.15, 0.2) is 15.2 Å². The minimum absolute atomic E-state index is 0.500. The van der Waals surface area contributed by atoms with E-state index in [9.17, 15) is 0 Å². The number of halogens is 1. The summed E-state index contributed by atoms with van der Waals surface area (Å²) in [6, 6.07) is 2.78. The minimum atomic E-state index is 0.500. The van der Waals surface area contributed by atoms with E-state index in [0.717, 1.165) is 12.2 Å². The van der Waals surface area contributed by atoms with Gasteiger partial charge in [-0.1, -0.05) is 0 Å². The SMILES string of the molecule is Cc1csc(CNC2CCCc3sc(Br)cc32)n1. The highest BCUT2D eigenvalue weighted by Crippen LogP contribution is 2.38. The van der Waals surface area contributed by atoms with Crippen LogP contribution in [0.1, 0.15) is 40.0 Å². The van der Waals surface area contributed by atoms with E-state index in [2.05, 4.69) is 44.6 Å². The van der Waals surface area contributed by atoms with E-state index in [4.69, 9.17) is 0 Å². The maximum atomic E-state index is 4.51. The molecular weight excluding hydrogens is 328 g/mol. The predicted octanol–water partition coefficient (Wildman–Crippen LogP) is 4.44. The van der Waals surface area contributed by atoms with E-state index in [-0.39, 0.29) is 0 Å². The van der Waals surface area contributed by atoms with Gasteiger partial charge in [0.05, 0.1) is 3.79 Å².